The van der Waals surface area contributed by atoms with Crippen molar-refractivity contribution in [3.05, 3.63) is 89.9 Å². The molecular weight excluding hydrogens is 718 g/mol. The maximum Gasteiger partial charge on any atom is 0.294 e. The lowest BCUT2D eigenvalue weighted by Crippen LogP contribution is -2.36. The summed E-state index contributed by atoms with van der Waals surface area (Å²) < 4.78 is 13.4. The first-order valence-corrected chi connectivity index (χ1v) is 14.2. The highest BCUT2D eigenvalue weighted by atomic mass is 127. The standard InChI is InChI=1S/C27H22I2N2O5S/c1-2-35-21-10-8-20(9-11-21)30-25(32)15-31-26(33)24(37-27(31)34)14-18-5-12-23(22(29)13-18)36-16-17-3-6-19(28)7-4-17/h3-14H,2,15-16H2,1H3,(H,30,32)/b24-14+. The van der Waals surface area contributed by atoms with E-state index in [1.165, 1.54) is 0 Å². The summed E-state index contributed by atoms with van der Waals surface area (Å²) in [5, 5.41) is 2.22. The van der Waals surface area contributed by atoms with Gasteiger partial charge in [-0.15, -0.1) is 0 Å². The number of rotatable bonds is 9. The van der Waals surface area contributed by atoms with E-state index < -0.39 is 17.1 Å². The Morgan fingerprint density at radius 3 is 2.41 bits per heavy atom. The predicted octanol–water partition coefficient (Wildman–Crippen LogP) is 6.55. The highest BCUT2D eigenvalue weighted by Gasteiger charge is 2.36. The first-order chi connectivity index (χ1) is 17.8. The second kappa shape index (κ2) is 12.8. The Morgan fingerprint density at radius 1 is 1.00 bits per heavy atom. The van der Waals surface area contributed by atoms with Crippen LogP contribution in [-0.4, -0.2) is 35.1 Å². The lowest BCUT2D eigenvalue weighted by molar-refractivity contribution is -0.127. The minimum Gasteiger partial charge on any atom is -0.494 e. The molecule has 0 spiro atoms. The summed E-state index contributed by atoms with van der Waals surface area (Å²) in [4.78, 5) is 39.0. The van der Waals surface area contributed by atoms with Gasteiger partial charge in [-0.05, 0) is 130 Å². The number of thioether (sulfide) groups is 1. The van der Waals surface area contributed by atoms with Crippen molar-refractivity contribution < 1.29 is 23.9 Å². The molecule has 3 amide bonds. The van der Waals surface area contributed by atoms with Crippen LogP contribution in [0.15, 0.2) is 71.6 Å². The third kappa shape index (κ3) is 7.48. The molecule has 0 atom stereocenters. The van der Waals surface area contributed by atoms with Crippen molar-refractivity contribution in [1.29, 1.82) is 0 Å². The van der Waals surface area contributed by atoms with Gasteiger partial charge in [-0.25, -0.2) is 0 Å². The fourth-order valence-corrected chi connectivity index (χ4v) is 5.29. The van der Waals surface area contributed by atoms with Crippen LogP contribution in [0.1, 0.15) is 18.1 Å². The molecule has 0 saturated carbocycles. The number of halogens is 2. The van der Waals surface area contributed by atoms with Gasteiger partial charge in [0.05, 0.1) is 15.1 Å². The normalized spacial score (nSPS) is 14.2. The molecule has 7 nitrogen and oxygen atoms in total. The molecule has 1 fully saturated rings. The SMILES string of the molecule is CCOc1ccc(NC(=O)CN2C(=O)S/C(=C/c3ccc(OCc4ccc(I)cc4)c(I)c3)C2=O)cc1. The molecule has 0 aromatic heterocycles. The number of anilines is 1. The number of carbonyl (C=O) groups excluding carboxylic acids is 3. The molecule has 0 aliphatic carbocycles. The number of imide groups is 1. The number of hydrogen-bond donors (Lipinski definition) is 1. The average molecular weight is 740 g/mol. The fraction of sp³-hybridized carbons (Fsp3) is 0.148. The Hall–Kier alpha value is -2.58. The predicted molar refractivity (Wildman–Crippen MR) is 162 cm³/mol. The van der Waals surface area contributed by atoms with E-state index in [0.717, 1.165) is 40.7 Å². The van der Waals surface area contributed by atoms with Gasteiger partial charge in [-0.3, -0.25) is 19.3 Å². The van der Waals surface area contributed by atoms with Crippen LogP contribution in [0.5, 0.6) is 11.5 Å². The number of amides is 3. The second-order valence-corrected chi connectivity index (χ2v) is 11.3. The summed E-state index contributed by atoms with van der Waals surface area (Å²) in [5.41, 5.74) is 2.38. The van der Waals surface area contributed by atoms with Crippen LogP contribution in [0.2, 0.25) is 0 Å². The third-order valence-electron chi connectivity index (χ3n) is 5.19. The second-order valence-electron chi connectivity index (χ2n) is 7.88. The van der Waals surface area contributed by atoms with Crippen molar-refractivity contribution in [1.82, 2.24) is 4.90 Å². The molecule has 1 heterocycles. The van der Waals surface area contributed by atoms with Crippen LogP contribution in [0.4, 0.5) is 10.5 Å². The fourth-order valence-electron chi connectivity index (χ4n) is 3.40. The van der Waals surface area contributed by atoms with E-state index in [-0.39, 0.29) is 11.4 Å². The Kier molecular flexibility index (Phi) is 9.49. The molecule has 0 unspecified atom stereocenters. The lowest BCUT2D eigenvalue weighted by Gasteiger charge is -2.13. The molecule has 4 rings (SSSR count). The van der Waals surface area contributed by atoms with E-state index in [0.29, 0.717) is 24.7 Å². The smallest absolute Gasteiger partial charge is 0.294 e. The van der Waals surface area contributed by atoms with Crippen LogP contribution in [0, 0.1) is 7.14 Å². The monoisotopic (exact) mass is 740 g/mol. The number of nitrogens with zero attached hydrogens (tertiary/aromatic N) is 1. The molecule has 1 N–H and O–H groups in total. The molecule has 1 saturated heterocycles. The van der Waals surface area contributed by atoms with Crippen molar-refractivity contribution in [2.45, 2.75) is 13.5 Å². The number of nitrogens with one attached hydrogen (secondary N) is 1. The zero-order chi connectivity index (χ0) is 26.4. The van der Waals surface area contributed by atoms with E-state index in [4.69, 9.17) is 9.47 Å². The molecule has 3 aromatic rings. The molecule has 190 valence electrons. The van der Waals surface area contributed by atoms with Gasteiger partial charge in [0.1, 0.15) is 24.7 Å². The van der Waals surface area contributed by atoms with Gasteiger partial charge in [-0.2, -0.15) is 0 Å². The van der Waals surface area contributed by atoms with Crippen molar-refractivity contribution in [2.24, 2.45) is 0 Å². The van der Waals surface area contributed by atoms with Crippen LogP contribution in [0.25, 0.3) is 6.08 Å². The van der Waals surface area contributed by atoms with Crippen LogP contribution in [-0.2, 0) is 16.2 Å². The first-order valence-electron chi connectivity index (χ1n) is 11.3. The molecule has 0 bridgehead atoms. The molecule has 10 heteroatoms. The maximum atomic E-state index is 12.9. The van der Waals surface area contributed by atoms with Gasteiger partial charge in [0, 0.05) is 9.26 Å². The number of carbonyl (C=O) groups is 3. The van der Waals surface area contributed by atoms with E-state index in [1.54, 1.807) is 30.3 Å². The third-order valence-corrected chi connectivity index (χ3v) is 7.66. The number of ether oxygens (including phenoxy) is 2. The summed E-state index contributed by atoms with van der Waals surface area (Å²) >= 11 is 5.26. The van der Waals surface area contributed by atoms with Crippen LogP contribution >= 0.6 is 56.9 Å². The Bertz CT molecular complexity index is 1340. The quantitative estimate of drug-likeness (QED) is 0.198. The minimum atomic E-state index is -0.495. The summed E-state index contributed by atoms with van der Waals surface area (Å²) in [7, 11) is 0. The van der Waals surface area contributed by atoms with E-state index in [9.17, 15) is 14.4 Å². The molecule has 3 aromatic carbocycles. The molecule has 37 heavy (non-hydrogen) atoms. The van der Waals surface area contributed by atoms with Crippen molar-refractivity contribution >= 4 is 85.8 Å². The van der Waals surface area contributed by atoms with Gasteiger partial charge < -0.3 is 14.8 Å². The maximum absolute atomic E-state index is 12.9. The zero-order valence-electron chi connectivity index (χ0n) is 19.7. The zero-order valence-corrected chi connectivity index (χ0v) is 24.8. The highest BCUT2D eigenvalue weighted by molar-refractivity contribution is 14.1. The highest BCUT2D eigenvalue weighted by Crippen LogP contribution is 2.33. The first kappa shape index (κ1) is 27.5. The van der Waals surface area contributed by atoms with E-state index in [2.05, 4.69) is 50.5 Å². The van der Waals surface area contributed by atoms with Crippen molar-refractivity contribution in [3.63, 3.8) is 0 Å². The molecule has 0 radical (unpaired) electrons. The van der Waals surface area contributed by atoms with E-state index >= 15 is 0 Å². The molecule has 1 aliphatic rings. The van der Waals surface area contributed by atoms with Crippen LogP contribution < -0.4 is 14.8 Å². The number of hydrogen-bond acceptors (Lipinski definition) is 6. The van der Waals surface area contributed by atoms with E-state index in [1.807, 2.05) is 49.4 Å². The molecular formula is C27H22I2N2O5S. The van der Waals surface area contributed by atoms with Gasteiger partial charge >= 0.3 is 0 Å². The van der Waals surface area contributed by atoms with Gasteiger partial charge in [0.25, 0.3) is 11.1 Å². The summed E-state index contributed by atoms with van der Waals surface area (Å²) in [6.07, 6.45) is 1.65. The topological polar surface area (TPSA) is 84.9 Å². The molecule has 1 aliphatic heterocycles. The Morgan fingerprint density at radius 2 is 1.73 bits per heavy atom. The summed E-state index contributed by atoms with van der Waals surface area (Å²) in [5.74, 6) is 0.468. The number of benzene rings is 3. The summed E-state index contributed by atoms with van der Waals surface area (Å²) in [6, 6.07) is 20.6. The minimum absolute atomic E-state index is 0.266. The summed E-state index contributed by atoms with van der Waals surface area (Å²) in [6.45, 7) is 2.52. The lowest BCUT2D eigenvalue weighted by atomic mass is 10.2. The van der Waals surface area contributed by atoms with Gasteiger partial charge in [-0.1, -0.05) is 18.2 Å². The largest absolute Gasteiger partial charge is 0.494 e. The Labute approximate surface area is 246 Å². The van der Waals surface area contributed by atoms with Gasteiger partial charge in [0.2, 0.25) is 5.91 Å². The van der Waals surface area contributed by atoms with Crippen LogP contribution in [0.3, 0.4) is 0 Å². The Balaban J connectivity index is 1.36. The average Bonchev–Trinajstić information content (AvgIpc) is 3.13. The van der Waals surface area contributed by atoms with Crippen molar-refractivity contribution in [2.75, 3.05) is 18.5 Å². The van der Waals surface area contributed by atoms with Gasteiger partial charge in [0.15, 0.2) is 0 Å². The van der Waals surface area contributed by atoms with Crippen molar-refractivity contribution in [3.8, 4) is 11.5 Å².